The average Bonchev–Trinajstić information content (AvgIpc) is 2.85. The van der Waals surface area contributed by atoms with Crippen molar-refractivity contribution in [2.24, 2.45) is 5.92 Å². The van der Waals surface area contributed by atoms with Crippen LogP contribution in [0.5, 0.6) is 17.2 Å². The Morgan fingerprint density at radius 1 is 1.09 bits per heavy atom. The summed E-state index contributed by atoms with van der Waals surface area (Å²) in [6, 6.07) is 10.3. The molecule has 1 fully saturated rings. The molecule has 1 saturated heterocycles. The van der Waals surface area contributed by atoms with E-state index >= 15 is 0 Å². The SMILES string of the molecule is CCOC(=O)C1CCN(Cc2c(O)ccc3cc(-c4cc(OC)ccc4OC)c(=O)oc23)CC1. The summed E-state index contributed by atoms with van der Waals surface area (Å²) in [5.41, 5.74) is 1.27. The molecule has 34 heavy (non-hydrogen) atoms. The van der Waals surface area contributed by atoms with Gasteiger partial charge in [-0.3, -0.25) is 9.69 Å². The van der Waals surface area contributed by atoms with E-state index in [1.807, 2.05) is 0 Å². The van der Waals surface area contributed by atoms with Crippen LogP contribution in [0.25, 0.3) is 22.1 Å². The van der Waals surface area contributed by atoms with Crippen molar-refractivity contribution in [1.82, 2.24) is 4.90 Å². The van der Waals surface area contributed by atoms with Crippen molar-refractivity contribution in [3.8, 4) is 28.4 Å². The number of phenols is 1. The van der Waals surface area contributed by atoms with Crippen LogP contribution in [0.4, 0.5) is 0 Å². The van der Waals surface area contributed by atoms with Gasteiger partial charge in [0.2, 0.25) is 0 Å². The van der Waals surface area contributed by atoms with Crippen molar-refractivity contribution in [2.45, 2.75) is 26.3 Å². The summed E-state index contributed by atoms with van der Waals surface area (Å²) in [7, 11) is 3.09. The Bertz CT molecular complexity index is 1240. The van der Waals surface area contributed by atoms with Gasteiger partial charge in [-0.25, -0.2) is 4.79 Å². The minimum Gasteiger partial charge on any atom is -0.507 e. The number of rotatable bonds is 7. The Labute approximate surface area is 197 Å². The van der Waals surface area contributed by atoms with Crippen molar-refractivity contribution >= 4 is 16.9 Å². The molecule has 0 amide bonds. The smallest absolute Gasteiger partial charge is 0.344 e. The van der Waals surface area contributed by atoms with Crippen LogP contribution in [0.2, 0.25) is 0 Å². The van der Waals surface area contributed by atoms with Gasteiger partial charge in [0.1, 0.15) is 22.8 Å². The highest BCUT2D eigenvalue weighted by Gasteiger charge is 2.27. The molecule has 4 rings (SSSR count). The van der Waals surface area contributed by atoms with Gasteiger partial charge in [-0.15, -0.1) is 0 Å². The molecule has 180 valence electrons. The molecule has 0 unspecified atom stereocenters. The Hall–Kier alpha value is -3.52. The molecule has 0 aliphatic carbocycles. The number of hydrogen-bond acceptors (Lipinski definition) is 8. The number of piperidine rings is 1. The lowest BCUT2D eigenvalue weighted by molar-refractivity contribution is -0.149. The highest BCUT2D eigenvalue weighted by molar-refractivity contribution is 5.87. The van der Waals surface area contributed by atoms with E-state index in [0.717, 1.165) is 0 Å². The molecule has 0 radical (unpaired) electrons. The molecular weight excluding hydrogens is 438 g/mol. The summed E-state index contributed by atoms with van der Waals surface area (Å²) in [5, 5.41) is 11.3. The molecule has 8 nitrogen and oxygen atoms in total. The molecule has 1 aliphatic heterocycles. The fourth-order valence-corrected chi connectivity index (χ4v) is 4.41. The van der Waals surface area contributed by atoms with E-state index in [4.69, 9.17) is 18.6 Å². The van der Waals surface area contributed by atoms with Crippen LogP contribution in [0.3, 0.4) is 0 Å². The fourth-order valence-electron chi connectivity index (χ4n) is 4.41. The summed E-state index contributed by atoms with van der Waals surface area (Å²) < 4.78 is 21.6. The van der Waals surface area contributed by atoms with Crippen molar-refractivity contribution in [3.63, 3.8) is 0 Å². The summed E-state index contributed by atoms with van der Waals surface area (Å²) in [6.45, 7) is 3.96. The number of ether oxygens (including phenoxy) is 3. The fraction of sp³-hybridized carbons (Fsp3) is 0.385. The van der Waals surface area contributed by atoms with E-state index in [1.54, 1.807) is 50.4 Å². The number of phenolic OH excluding ortho intramolecular Hbond substituents is 1. The highest BCUT2D eigenvalue weighted by Crippen LogP contribution is 2.35. The molecule has 0 saturated carbocycles. The van der Waals surface area contributed by atoms with Crippen LogP contribution in [0, 0.1) is 5.92 Å². The molecular formula is C26H29NO7. The first-order valence-electron chi connectivity index (χ1n) is 11.3. The lowest BCUT2D eigenvalue weighted by Gasteiger charge is -2.31. The molecule has 3 aromatic rings. The van der Waals surface area contributed by atoms with Crippen LogP contribution >= 0.6 is 0 Å². The molecule has 8 heteroatoms. The summed E-state index contributed by atoms with van der Waals surface area (Å²) in [4.78, 5) is 27.2. The topological polar surface area (TPSA) is 98.4 Å². The number of benzene rings is 2. The number of carbonyl (C=O) groups excluding carboxylic acids is 1. The number of hydrogen-bond donors (Lipinski definition) is 1. The second-order valence-electron chi connectivity index (χ2n) is 8.30. The first kappa shape index (κ1) is 23.6. The van der Waals surface area contributed by atoms with Crippen LogP contribution in [-0.4, -0.2) is 49.9 Å². The molecule has 1 N–H and O–H groups in total. The Kier molecular flexibility index (Phi) is 7.07. The Balaban J connectivity index is 1.65. The first-order valence-corrected chi connectivity index (χ1v) is 11.3. The number of aromatic hydroxyl groups is 1. The van der Waals surface area contributed by atoms with Crippen molar-refractivity contribution < 1.29 is 28.5 Å². The van der Waals surface area contributed by atoms with Crippen LogP contribution < -0.4 is 15.1 Å². The van der Waals surface area contributed by atoms with Crippen molar-refractivity contribution in [2.75, 3.05) is 33.9 Å². The van der Waals surface area contributed by atoms with E-state index in [1.165, 1.54) is 7.11 Å². The van der Waals surface area contributed by atoms with Gasteiger partial charge in [-0.2, -0.15) is 0 Å². The van der Waals surface area contributed by atoms with Crippen LogP contribution in [0.1, 0.15) is 25.3 Å². The quantitative estimate of drug-likeness (QED) is 0.412. The third-order valence-corrected chi connectivity index (χ3v) is 6.27. The zero-order valence-electron chi connectivity index (χ0n) is 19.6. The number of fused-ring (bicyclic) bond motifs is 1. The summed E-state index contributed by atoms with van der Waals surface area (Å²) in [5.74, 6) is 0.927. The predicted molar refractivity (Wildman–Crippen MR) is 127 cm³/mol. The van der Waals surface area contributed by atoms with Gasteiger partial charge < -0.3 is 23.7 Å². The Morgan fingerprint density at radius 2 is 1.85 bits per heavy atom. The van der Waals surface area contributed by atoms with Crippen LogP contribution in [-0.2, 0) is 16.1 Å². The van der Waals surface area contributed by atoms with E-state index in [9.17, 15) is 14.7 Å². The molecule has 1 aliphatic rings. The van der Waals surface area contributed by atoms with Gasteiger partial charge in [-0.05, 0) is 69.3 Å². The second-order valence-corrected chi connectivity index (χ2v) is 8.30. The standard InChI is InChI=1S/C26H29NO7/c1-4-33-25(29)16-9-11-27(12-10-16)15-21-22(28)7-5-17-13-20(26(30)34-24(17)21)19-14-18(31-2)6-8-23(19)32-3/h5-8,13-14,16,28H,4,9-12,15H2,1-3H3. The molecule has 0 atom stereocenters. The summed E-state index contributed by atoms with van der Waals surface area (Å²) in [6.07, 6.45) is 1.38. The van der Waals surface area contributed by atoms with Gasteiger partial charge in [0, 0.05) is 17.5 Å². The van der Waals surface area contributed by atoms with E-state index in [2.05, 4.69) is 4.90 Å². The van der Waals surface area contributed by atoms with Gasteiger partial charge in [0.15, 0.2) is 0 Å². The number of likely N-dealkylation sites (tertiary alicyclic amines) is 1. The maximum absolute atomic E-state index is 13.0. The molecule has 0 spiro atoms. The molecule has 0 bridgehead atoms. The van der Waals surface area contributed by atoms with Gasteiger partial charge in [-0.1, -0.05) is 0 Å². The lowest BCUT2D eigenvalue weighted by atomic mass is 9.96. The third kappa shape index (κ3) is 4.72. The first-order chi connectivity index (χ1) is 16.4. The van der Waals surface area contributed by atoms with Gasteiger partial charge >= 0.3 is 11.6 Å². The number of methoxy groups -OCH3 is 2. The second kappa shape index (κ2) is 10.2. The molecule has 2 heterocycles. The van der Waals surface area contributed by atoms with Crippen LogP contribution in [0.15, 0.2) is 45.6 Å². The minimum absolute atomic E-state index is 0.0647. The van der Waals surface area contributed by atoms with E-state index < -0.39 is 5.63 Å². The third-order valence-electron chi connectivity index (χ3n) is 6.27. The van der Waals surface area contributed by atoms with Crippen molar-refractivity contribution in [3.05, 3.63) is 52.4 Å². The predicted octanol–water partition coefficient (Wildman–Crippen LogP) is 3.96. The van der Waals surface area contributed by atoms with Gasteiger partial charge in [0.05, 0.1) is 37.9 Å². The molecule has 1 aromatic heterocycles. The maximum atomic E-state index is 13.0. The number of carbonyl (C=O) groups is 1. The highest BCUT2D eigenvalue weighted by atomic mass is 16.5. The zero-order valence-corrected chi connectivity index (χ0v) is 19.6. The molecule has 2 aromatic carbocycles. The monoisotopic (exact) mass is 467 g/mol. The lowest BCUT2D eigenvalue weighted by Crippen LogP contribution is -2.36. The largest absolute Gasteiger partial charge is 0.507 e. The number of nitrogens with zero attached hydrogens (tertiary/aromatic N) is 1. The van der Waals surface area contributed by atoms with E-state index in [-0.39, 0.29) is 17.6 Å². The minimum atomic E-state index is -0.535. The van der Waals surface area contributed by atoms with Gasteiger partial charge in [0.25, 0.3) is 0 Å². The number of esters is 1. The normalized spacial score (nSPS) is 14.8. The maximum Gasteiger partial charge on any atom is 0.344 e. The average molecular weight is 468 g/mol. The van der Waals surface area contributed by atoms with Crippen molar-refractivity contribution in [1.29, 1.82) is 0 Å². The summed E-state index contributed by atoms with van der Waals surface area (Å²) >= 11 is 0. The zero-order chi connectivity index (χ0) is 24.2. The Morgan fingerprint density at radius 3 is 2.53 bits per heavy atom. The van der Waals surface area contributed by atoms with E-state index in [0.29, 0.717) is 78.2 Å².